The van der Waals surface area contributed by atoms with Crippen LogP contribution in [0.1, 0.15) is 26.5 Å². The van der Waals surface area contributed by atoms with Gasteiger partial charge in [0.2, 0.25) is 0 Å². The van der Waals surface area contributed by atoms with Crippen LogP contribution >= 0.6 is 34.9 Å². The van der Waals surface area contributed by atoms with Crippen LogP contribution in [0, 0.1) is 0 Å². The molecule has 8 rings (SSSR count). The summed E-state index contributed by atoms with van der Waals surface area (Å²) in [7, 11) is 0. The fraction of sp³-hybridized carbons (Fsp3) is 0. The molecular weight excluding hydrogens is 637 g/mol. The molecule has 0 unspecified atom stereocenters. The highest BCUT2D eigenvalue weighted by molar-refractivity contribution is 8.19. The number of para-hydroxylation sites is 2. The van der Waals surface area contributed by atoms with Gasteiger partial charge in [0, 0.05) is 6.08 Å². The van der Waals surface area contributed by atoms with E-state index in [0.29, 0.717) is 37.7 Å². The first-order valence-electron chi connectivity index (χ1n) is 14.1. The lowest BCUT2D eigenvalue weighted by atomic mass is 10.1. The second kappa shape index (κ2) is 11.6. The summed E-state index contributed by atoms with van der Waals surface area (Å²) in [5.41, 5.74) is 3.55. The topological polar surface area (TPSA) is 96.1 Å². The minimum Gasteiger partial charge on any atom is -0.450 e. The van der Waals surface area contributed by atoms with Gasteiger partial charge in [-0.25, -0.2) is 14.9 Å². The number of amides is 3. The summed E-state index contributed by atoms with van der Waals surface area (Å²) in [6.07, 6.45) is 1.73. The third-order valence-electron chi connectivity index (χ3n) is 7.27. The number of fused-ring (bicyclic) bond motifs is 2. The molecule has 2 aliphatic rings. The number of furan rings is 1. The molecule has 8 nitrogen and oxygen atoms in total. The first-order valence-corrected chi connectivity index (χ1v) is 16.6. The summed E-state index contributed by atoms with van der Waals surface area (Å²) in [6.45, 7) is 0. The van der Waals surface area contributed by atoms with Crippen LogP contribution in [0.15, 0.2) is 139 Å². The molecule has 3 amide bonds. The Labute approximate surface area is 275 Å². The normalized spacial score (nSPS) is 16.4. The zero-order valence-electron chi connectivity index (χ0n) is 23.7. The Morgan fingerprint density at radius 3 is 2.15 bits per heavy atom. The zero-order chi connectivity index (χ0) is 31.2. The average molecular weight is 657 g/mol. The number of benzene rings is 4. The number of hydrogen-bond donors (Lipinski definition) is 0. The minimum atomic E-state index is -0.333. The van der Waals surface area contributed by atoms with Crippen molar-refractivity contribution in [1.29, 1.82) is 0 Å². The van der Waals surface area contributed by atoms with Gasteiger partial charge in [-0.1, -0.05) is 48.5 Å². The van der Waals surface area contributed by atoms with Crippen LogP contribution in [0.4, 0.5) is 17.1 Å². The van der Waals surface area contributed by atoms with Crippen molar-refractivity contribution in [2.24, 2.45) is 4.99 Å². The Balaban J connectivity index is 1.03. The number of carbonyl (C=O) groups excluding carboxylic acids is 3. The van der Waals surface area contributed by atoms with Crippen LogP contribution < -0.4 is 9.80 Å². The molecule has 2 aromatic heterocycles. The van der Waals surface area contributed by atoms with E-state index in [1.807, 2.05) is 84.9 Å². The van der Waals surface area contributed by atoms with Crippen LogP contribution in [0.3, 0.4) is 0 Å². The highest BCUT2D eigenvalue weighted by Gasteiger charge is 2.37. The van der Waals surface area contributed by atoms with Gasteiger partial charge in [0.1, 0.15) is 5.76 Å². The number of thiazole rings is 1. The summed E-state index contributed by atoms with van der Waals surface area (Å²) in [5, 5.41) is 1.17. The second-order valence-corrected chi connectivity index (χ2v) is 13.5. The van der Waals surface area contributed by atoms with Crippen LogP contribution in [0.5, 0.6) is 0 Å². The lowest BCUT2D eigenvalue weighted by molar-refractivity contribution is -0.113. The molecule has 6 aromatic rings. The van der Waals surface area contributed by atoms with Crippen molar-refractivity contribution in [1.82, 2.24) is 4.98 Å². The molecule has 1 fully saturated rings. The maximum absolute atomic E-state index is 13.6. The number of amidine groups is 1. The van der Waals surface area contributed by atoms with E-state index in [4.69, 9.17) is 14.4 Å². The third kappa shape index (κ3) is 5.14. The average Bonchev–Trinajstić information content (AvgIpc) is 3.83. The van der Waals surface area contributed by atoms with E-state index in [0.717, 1.165) is 25.9 Å². The zero-order valence-corrected chi connectivity index (χ0v) is 26.1. The molecule has 0 N–H and O–H groups in total. The molecule has 4 heterocycles. The Bertz CT molecular complexity index is 2210. The van der Waals surface area contributed by atoms with Gasteiger partial charge in [-0.2, -0.15) is 0 Å². The summed E-state index contributed by atoms with van der Waals surface area (Å²) in [4.78, 5) is 52.3. The third-order valence-corrected chi connectivity index (χ3v) is 10.2. The number of imide groups is 1. The maximum atomic E-state index is 13.6. The monoisotopic (exact) mass is 656 g/mol. The van der Waals surface area contributed by atoms with E-state index in [1.54, 1.807) is 41.3 Å². The molecule has 0 bridgehead atoms. The molecule has 4 aromatic carbocycles. The van der Waals surface area contributed by atoms with E-state index in [-0.39, 0.29) is 17.7 Å². The lowest BCUT2D eigenvalue weighted by Crippen LogP contribution is -2.29. The number of carbonyl (C=O) groups is 3. The Morgan fingerprint density at radius 1 is 0.717 bits per heavy atom. The predicted octanol–water partition coefficient (Wildman–Crippen LogP) is 8.65. The van der Waals surface area contributed by atoms with Crippen molar-refractivity contribution in [2.75, 3.05) is 9.80 Å². The Morgan fingerprint density at radius 2 is 1.41 bits per heavy atom. The first-order chi connectivity index (χ1) is 22.5. The first kappa shape index (κ1) is 28.3. The van der Waals surface area contributed by atoms with Crippen molar-refractivity contribution in [2.45, 2.75) is 9.43 Å². The molecule has 0 radical (unpaired) electrons. The molecule has 0 atom stereocenters. The van der Waals surface area contributed by atoms with Gasteiger partial charge >= 0.3 is 0 Å². The lowest BCUT2D eigenvalue weighted by Gasteiger charge is -2.15. The maximum Gasteiger partial charge on any atom is 0.271 e. The fourth-order valence-corrected chi connectivity index (χ4v) is 8.13. The molecule has 46 heavy (non-hydrogen) atoms. The summed E-state index contributed by atoms with van der Waals surface area (Å²) in [5.74, 6) is -0.320. The summed E-state index contributed by atoms with van der Waals surface area (Å²) < 4.78 is 7.66. The molecular formula is C35H20N4O4S3. The van der Waals surface area contributed by atoms with Crippen LogP contribution in [0.2, 0.25) is 0 Å². The van der Waals surface area contributed by atoms with Crippen molar-refractivity contribution in [3.8, 4) is 0 Å². The van der Waals surface area contributed by atoms with Gasteiger partial charge in [0.05, 0.1) is 43.3 Å². The van der Waals surface area contributed by atoms with Crippen molar-refractivity contribution >= 4 is 91.1 Å². The van der Waals surface area contributed by atoms with Gasteiger partial charge in [0.15, 0.2) is 14.6 Å². The quantitative estimate of drug-likeness (QED) is 0.131. The predicted molar refractivity (Wildman–Crippen MR) is 183 cm³/mol. The van der Waals surface area contributed by atoms with Crippen molar-refractivity contribution < 1.29 is 18.8 Å². The van der Waals surface area contributed by atoms with Gasteiger partial charge in [-0.15, -0.1) is 11.3 Å². The standard InChI is InChI=1S/C35H20N4O4S3/c40-31-25-13-7-8-14-26(25)32(41)38(31)23-15-17-27-28(19-23)45-35(37-27)46-30-18-16-24(43-30)20-29-33(42)39(22-11-5-2-6-12-22)34(44-29)36-21-9-3-1-4-10-21/h1-20H/b29-20-,36-34?. The fourth-order valence-electron chi connectivity index (χ4n) is 5.15. The summed E-state index contributed by atoms with van der Waals surface area (Å²) in [6, 6.07) is 34.8. The highest BCUT2D eigenvalue weighted by Crippen LogP contribution is 2.40. The van der Waals surface area contributed by atoms with Crippen LogP contribution in [-0.4, -0.2) is 27.9 Å². The molecule has 0 aliphatic carbocycles. The molecule has 0 spiro atoms. The number of hydrogen-bond acceptors (Lipinski definition) is 9. The minimum absolute atomic E-state index is 0.184. The molecule has 1 saturated heterocycles. The Hall–Kier alpha value is -5.23. The van der Waals surface area contributed by atoms with Gasteiger partial charge in [0.25, 0.3) is 17.7 Å². The number of nitrogens with zero attached hydrogens (tertiary/aromatic N) is 4. The summed E-state index contributed by atoms with van der Waals surface area (Å²) >= 11 is 4.09. The van der Waals surface area contributed by atoms with Gasteiger partial charge < -0.3 is 4.42 Å². The van der Waals surface area contributed by atoms with E-state index >= 15 is 0 Å². The number of anilines is 2. The molecule has 222 valence electrons. The molecule has 2 aliphatic heterocycles. The van der Waals surface area contributed by atoms with E-state index in [2.05, 4.69) is 0 Å². The number of rotatable bonds is 6. The number of aromatic nitrogens is 1. The highest BCUT2D eigenvalue weighted by atomic mass is 32.2. The van der Waals surface area contributed by atoms with E-state index in [9.17, 15) is 14.4 Å². The van der Waals surface area contributed by atoms with Crippen molar-refractivity contribution in [3.05, 3.63) is 137 Å². The largest absolute Gasteiger partial charge is 0.450 e. The Kier molecular flexibility index (Phi) is 7.13. The smallest absolute Gasteiger partial charge is 0.271 e. The number of aliphatic imine (C=N–C) groups is 1. The molecule has 11 heteroatoms. The van der Waals surface area contributed by atoms with E-state index in [1.165, 1.54) is 39.8 Å². The van der Waals surface area contributed by atoms with E-state index < -0.39 is 0 Å². The van der Waals surface area contributed by atoms with Gasteiger partial charge in [-0.05, 0) is 90.3 Å². The van der Waals surface area contributed by atoms with Crippen LogP contribution in [-0.2, 0) is 4.79 Å². The second-order valence-electron chi connectivity index (χ2n) is 10.2. The van der Waals surface area contributed by atoms with Gasteiger partial charge in [-0.3, -0.25) is 19.3 Å². The molecule has 0 saturated carbocycles. The number of thioether (sulfide) groups is 1. The van der Waals surface area contributed by atoms with Crippen molar-refractivity contribution in [3.63, 3.8) is 0 Å². The SMILES string of the molecule is O=C1/C(=C/c2ccc(Sc3nc4ccc(N5C(=O)c6ccccc6C5=O)cc4s3)o2)SC(=Nc2ccccc2)N1c1ccccc1. The van der Waals surface area contributed by atoms with Crippen LogP contribution in [0.25, 0.3) is 16.3 Å².